The molecule has 0 bridgehead atoms. The van der Waals surface area contributed by atoms with E-state index in [-0.39, 0.29) is 22.3 Å². The Morgan fingerprint density at radius 1 is 1.10 bits per heavy atom. The lowest BCUT2D eigenvalue weighted by atomic mass is 10.1. The molecule has 0 aliphatic rings. The van der Waals surface area contributed by atoms with Gasteiger partial charge in [-0.1, -0.05) is 12.1 Å². The molecule has 3 aromatic rings. The number of fused-ring (bicyclic) bond motifs is 1. The highest BCUT2D eigenvalue weighted by Gasteiger charge is 2.14. The minimum atomic E-state index is -0.495. The van der Waals surface area contributed by atoms with Crippen LogP contribution in [-0.4, -0.2) is 10.2 Å². The zero-order valence-corrected chi connectivity index (χ0v) is 10.1. The van der Waals surface area contributed by atoms with Crippen molar-refractivity contribution in [3.63, 3.8) is 0 Å². The van der Waals surface area contributed by atoms with E-state index in [0.717, 1.165) is 6.26 Å². The van der Waals surface area contributed by atoms with E-state index in [1.165, 1.54) is 30.3 Å². The summed E-state index contributed by atoms with van der Waals surface area (Å²) in [6, 6.07) is 8.11. The van der Waals surface area contributed by atoms with Crippen LogP contribution in [0.1, 0.15) is 0 Å². The molecule has 0 aliphatic heterocycles. The number of phenols is 2. The molecule has 0 saturated carbocycles. The van der Waals surface area contributed by atoms with Gasteiger partial charge in [0.25, 0.3) is 0 Å². The molecule has 0 saturated heterocycles. The smallest absolute Gasteiger partial charge is 0.201 e. The van der Waals surface area contributed by atoms with E-state index in [4.69, 9.17) is 4.42 Å². The van der Waals surface area contributed by atoms with Crippen molar-refractivity contribution in [3.05, 3.63) is 58.7 Å². The first-order chi connectivity index (χ1) is 9.58. The zero-order valence-electron chi connectivity index (χ0n) is 10.1. The number of aromatic hydroxyl groups is 2. The van der Waals surface area contributed by atoms with Crippen LogP contribution in [0.25, 0.3) is 22.1 Å². The average Bonchev–Trinajstić information content (AvgIpc) is 2.43. The summed E-state index contributed by atoms with van der Waals surface area (Å²) in [6.07, 6.45) is 1.14. The molecule has 0 unspecified atom stereocenters. The summed E-state index contributed by atoms with van der Waals surface area (Å²) in [4.78, 5) is 12.3. The van der Waals surface area contributed by atoms with Crippen LogP contribution < -0.4 is 5.43 Å². The summed E-state index contributed by atoms with van der Waals surface area (Å²) in [5, 5.41) is 19.1. The fourth-order valence-corrected chi connectivity index (χ4v) is 2.03. The van der Waals surface area contributed by atoms with E-state index < -0.39 is 17.0 Å². The minimum Gasteiger partial charge on any atom is -0.504 e. The van der Waals surface area contributed by atoms with Crippen molar-refractivity contribution >= 4 is 11.0 Å². The first kappa shape index (κ1) is 12.2. The second kappa shape index (κ2) is 4.38. The van der Waals surface area contributed by atoms with Gasteiger partial charge in [-0.2, -0.15) is 0 Å². The number of hydrogen-bond acceptors (Lipinski definition) is 4. The van der Waals surface area contributed by atoms with E-state index in [1.54, 1.807) is 6.07 Å². The Hall–Kier alpha value is -2.82. The Bertz CT molecular complexity index is 867. The van der Waals surface area contributed by atoms with Gasteiger partial charge in [0.1, 0.15) is 12.1 Å². The van der Waals surface area contributed by atoms with E-state index in [2.05, 4.69) is 0 Å². The lowest BCUT2D eigenvalue weighted by Crippen LogP contribution is -2.04. The predicted molar refractivity (Wildman–Crippen MR) is 71.2 cm³/mol. The van der Waals surface area contributed by atoms with Gasteiger partial charge in [0, 0.05) is 0 Å². The van der Waals surface area contributed by atoms with Gasteiger partial charge in [-0.3, -0.25) is 4.79 Å². The number of benzene rings is 2. The molecular weight excluding hydrogens is 263 g/mol. The molecule has 5 heteroatoms. The monoisotopic (exact) mass is 272 g/mol. The first-order valence-corrected chi connectivity index (χ1v) is 5.80. The van der Waals surface area contributed by atoms with Crippen molar-refractivity contribution < 1.29 is 19.0 Å². The molecule has 1 aromatic heterocycles. The molecule has 20 heavy (non-hydrogen) atoms. The molecule has 0 fully saturated rings. The number of halogens is 1. The Morgan fingerprint density at radius 2 is 1.90 bits per heavy atom. The Balaban J connectivity index is 2.33. The Kier molecular flexibility index (Phi) is 2.68. The number of phenolic OH excluding ortho intramolecular Hbond substituents is 2. The third-order valence-electron chi connectivity index (χ3n) is 3.03. The molecule has 100 valence electrons. The van der Waals surface area contributed by atoms with Crippen LogP contribution in [0.5, 0.6) is 11.5 Å². The molecule has 0 amide bonds. The summed E-state index contributed by atoms with van der Waals surface area (Å²) < 4.78 is 18.4. The van der Waals surface area contributed by atoms with Crippen LogP contribution >= 0.6 is 0 Å². The lowest BCUT2D eigenvalue weighted by Gasteiger charge is -2.05. The molecule has 1 heterocycles. The maximum Gasteiger partial charge on any atom is 0.201 e. The first-order valence-electron chi connectivity index (χ1n) is 5.80. The third-order valence-corrected chi connectivity index (χ3v) is 3.03. The van der Waals surface area contributed by atoms with Gasteiger partial charge < -0.3 is 14.6 Å². The minimum absolute atomic E-state index is 0.102. The van der Waals surface area contributed by atoms with Gasteiger partial charge in [-0.15, -0.1) is 0 Å². The maximum absolute atomic E-state index is 13.2. The predicted octanol–water partition coefficient (Wildman–Crippen LogP) is 3.01. The van der Waals surface area contributed by atoms with Crippen LogP contribution in [-0.2, 0) is 0 Å². The molecule has 4 nitrogen and oxygen atoms in total. The van der Waals surface area contributed by atoms with Crippen molar-refractivity contribution in [2.45, 2.75) is 0 Å². The second-order valence-corrected chi connectivity index (χ2v) is 4.30. The molecule has 2 N–H and O–H groups in total. The van der Waals surface area contributed by atoms with Gasteiger partial charge in [-0.25, -0.2) is 4.39 Å². The highest BCUT2D eigenvalue weighted by molar-refractivity contribution is 5.87. The standard InChI is InChI=1S/C15H9FO4/c16-9-3-1-2-8(6-9)11-7-20-15-10(13(11)18)4-5-12(17)14(15)19/h1-7,17,19H. The van der Waals surface area contributed by atoms with Crippen molar-refractivity contribution in [2.24, 2.45) is 0 Å². The average molecular weight is 272 g/mol. The van der Waals surface area contributed by atoms with Crippen molar-refractivity contribution in [2.75, 3.05) is 0 Å². The Labute approximate surface area is 112 Å². The maximum atomic E-state index is 13.2. The second-order valence-electron chi connectivity index (χ2n) is 4.30. The highest BCUT2D eigenvalue weighted by Crippen LogP contribution is 2.33. The molecule has 2 aromatic carbocycles. The van der Waals surface area contributed by atoms with Gasteiger partial charge in [0.15, 0.2) is 11.3 Å². The normalized spacial score (nSPS) is 10.8. The van der Waals surface area contributed by atoms with Crippen LogP contribution in [0.4, 0.5) is 4.39 Å². The molecule has 0 spiro atoms. The number of rotatable bonds is 1. The van der Waals surface area contributed by atoms with Crippen molar-refractivity contribution in [1.82, 2.24) is 0 Å². The fourth-order valence-electron chi connectivity index (χ4n) is 2.03. The molecule has 0 aliphatic carbocycles. The fraction of sp³-hybridized carbons (Fsp3) is 0. The quantitative estimate of drug-likeness (QED) is 0.668. The number of hydrogen-bond donors (Lipinski definition) is 2. The molecule has 0 radical (unpaired) electrons. The van der Waals surface area contributed by atoms with Crippen molar-refractivity contribution in [1.29, 1.82) is 0 Å². The van der Waals surface area contributed by atoms with E-state index in [1.807, 2.05) is 0 Å². The summed E-state index contributed by atoms with van der Waals surface area (Å²) >= 11 is 0. The summed E-state index contributed by atoms with van der Waals surface area (Å²) in [6.45, 7) is 0. The SMILES string of the molecule is O=c1c(-c2cccc(F)c2)coc2c(O)c(O)ccc12. The van der Waals surface area contributed by atoms with Crippen LogP contribution in [0, 0.1) is 5.82 Å². The van der Waals surface area contributed by atoms with E-state index >= 15 is 0 Å². The van der Waals surface area contributed by atoms with Crippen LogP contribution in [0.3, 0.4) is 0 Å². The summed E-state index contributed by atoms with van der Waals surface area (Å²) in [5.74, 6) is -1.33. The van der Waals surface area contributed by atoms with Crippen LogP contribution in [0.15, 0.2) is 51.9 Å². The van der Waals surface area contributed by atoms with Gasteiger partial charge in [-0.05, 0) is 29.8 Å². The van der Waals surface area contributed by atoms with Crippen molar-refractivity contribution in [3.8, 4) is 22.6 Å². The summed E-state index contributed by atoms with van der Waals surface area (Å²) in [5.41, 5.74) is 0.0533. The molecule has 0 atom stereocenters. The molecule has 3 rings (SSSR count). The van der Waals surface area contributed by atoms with E-state index in [0.29, 0.717) is 5.56 Å². The lowest BCUT2D eigenvalue weighted by molar-refractivity contribution is 0.399. The largest absolute Gasteiger partial charge is 0.504 e. The topological polar surface area (TPSA) is 70.7 Å². The Morgan fingerprint density at radius 3 is 2.65 bits per heavy atom. The highest BCUT2D eigenvalue weighted by atomic mass is 19.1. The summed E-state index contributed by atoms with van der Waals surface area (Å²) in [7, 11) is 0. The molecular formula is C15H9FO4. The van der Waals surface area contributed by atoms with Gasteiger partial charge in [0.05, 0.1) is 10.9 Å². The third kappa shape index (κ3) is 1.80. The zero-order chi connectivity index (χ0) is 14.3. The van der Waals surface area contributed by atoms with Gasteiger partial charge in [0.2, 0.25) is 11.2 Å². The van der Waals surface area contributed by atoms with Gasteiger partial charge >= 0.3 is 0 Å². The van der Waals surface area contributed by atoms with Crippen LogP contribution in [0.2, 0.25) is 0 Å². The van der Waals surface area contributed by atoms with E-state index in [9.17, 15) is 19.4 Å².